The third-order valence-corrected chi connectivity index (χ3v) is 7.87. The summed E-state index contributed by atoms with van der Waals surface area (Å²) >= 11 is 0. The molecule has 0 bridgehead atoms. The fraction of sp³-hybridized carbons (Fsp3) is 0.567. The van der Waals surface area contributed by atoms with Crippen molar-refractivity contribution in [1.82, 2.24) is 19.6 Å². The van der Waals surface area contributed by atoms with Gasteiger partial charge in [0.2, 0.25) is 6.41 Å². The highest BCUT2D eigenvalue weighted by Crippen LogP contribution is 2.39. The van der Waals surface area contributed by atoms with Gasteiger partial charge in [0.15, 0.2) is 0 Å². The van der Waals surface area contributed by atoms with E-state index < -0.39 is 5.54 Å². The zero-order chi connectivity index (χ0) is 25.4. The minimum Gasteiger partial charge on any atom is -0.329 e. The van der Waals surface area contributed by atoms with Crippen LogP contribution in [0.25, 0.3) is 0 Å². The Bertz CT molecular complexity index is 850. The van der Waals surface area contributed by atoms with E-state index in [0.29, 0.717) is 6.04 Å². The molecule has 0 unspecified atom stereocenters. The predicted octanol–water partition coefficient (Wildman–Crippen LogP) is 5.22. The van der Waals surface area contributed by atoms with Crippen LogP contribution < -0.4 is 0 Å². The van der Waals surface area contributed by atoms with Gasteiger partial charge in [-0.1, -0.05) is 76.2 Å². The highest BCUT2D eigenvalue weighted by Gasteiger charge is 2.44. The Labute approximate surface area is 225 Å². The molecule has 6 heteroatoms. The molecule has 0 aromatic heterocycles. The van der Waals surface area contributed by atoms with Gasteiger partial charge in [-0.2, -0.15) is 0 Å². The molecule has 0 atom stereocenters. The van der Waals surface area contributed by atoms with Crippen LogP contribution in [0.5, 0.6) is 0 Å². The number of amides is 1. The number of halogens is 1. The molecule has 1 heterocycles. The Kier molecular flexibility index (Phi) is 11.9. The molecule has 0 spiro atoms. The van der Waals surface area contributed by atoms with E-state index in [0.717, 1.165) is 65.3 Å². The van der Waals surface area contributed by atoms with Crippen LogP contribution in [-0.2, 0) is 23.4 Å². The Balaban J connectivity index is 0.00000456. The molecule has 1 fully saturated rings. The van der Waals surface area contributed by atoms with Crippen molar-refractivity contribution < 1.29 is 4.79 Å². The highest BCUT2D eigenvalue weighted by atomic mass is 35.5. The average Bonchev–Trinajstić information content (AvgIpc) is 2.90. The molecular formula is C30H47ClN4O. The topological polar surface area (TPSA) is 30.0 Å². The number of carbonyl (C=O) groups excluding carboxylic acids is 1. The zero-order valence-corrected chi connectivity index (χ0v) is 24.1. The van der Waals surface area contributed by atoms with Crippen molar-refractivity contribution in [1.29, 1.82) is 0 Å². The first kappa shape index (κ1) is 30.3. The second kappa shape index (κ2) is 14.1. The van der Waals surface area contributed by atoms with Crippen LogP contribution in [0.15, 0.2) is 48.5 Å². The molecule has 1 amide bonds. The number of benzene rings is 2. The molecule has 5 nitrogen and oxygen atoms in total. The summed E-state index contributed by atoms with van der Waals surface area (Å²) in [4.78, 5) is 21.9. The molecule has 1 aliphatic heterocycles. The normalized spacial score (nSPS) is 16.0. The van der Waals surface area contributed by atoms with Crippen molar-refractivity contribution in [2.24, 2.45) is 0 Å². The Morgan fingerprint density at radius 3 is 1.53 bits per heavy atom. The predicted molar refractivity (Wildman–Crippen MR) is 154 cm³/mol. The lowest BCUT2D eigenvalue weighted by Gasteiger charge is -2.51. The van der Waals surface area contributed by atoms with Gasteiger partial charge in [-0.05, 0) is 62.3 Å². The van der Waals surface area contributed by atoms with Gasteiger partial charge in [0.25, 0.3) is 0 Å². The van der Waals surface area contributed by atoms with Crippen LogP contribution >= 0.6 is 12.4 Å². The minimum atomic E-state index is -0.494. The minimum absolute atomic E-state index is 0. The molecule has 36 heavy (non-hydrogen) atoms. The largest absolute Gasteiger partial charge is 0.329 e. The fourth-order valence-corrected chi connectivity index (χ4v) is 5.34. The highest BCUT2D eigenvalue weighted by molar-refractivity contribution is 5.85. The molecule has 3 rings (SSSR count). The molecule has 1 saturated heterocycles. The van der Waals surface area contributed by atoms with Crippen LogP contribution in [0, 0.1) is 0 Å². The summed E-state index contributed by atoms with van der Waals surface area (Å²) in [6.07, 6.45) is 1.06. The van der Waals surface area contributed by atoms with Crippen molar-refractivity contribution in [2.75, 3.05) is 45.8 Å². The van der Waals surface area contributed by atoms with E-state index >= 15 is 0 Å². The number of hydrogen-bond donors (Lipinski definition) is 0. The Morgan fingerprint density at radius 2 is 1.19 bits per heavy atom. The van der Waals surface area contributed by atoms with E-state index in [2.05, 4.69) is 105 Å². The monoisotopic (exact) mass is 514 g/mol. The van der Waals surface area contributed by atoms with E-state index in [1.54, 1.807) is 0 Å². The first-order valence-corrected chi connectivity index (χ1v) is 13.5. The molecule has 0 radical (unpaired) electrons. The third-order valence-electron chi connectivity index (χ3n) is 7.87. The summed E-state index contributed by atoms with van der Waals surface area (Å²) in [5, 5.41) is 0. The maximum absolute atomic E-state index is 12.5. The maximum atomic E-state index is 12.5. The number of rotatable bonds is 12. The third kappa shape index (κ3) is 6.69. The fourth-order valence-electron chi connectivity index (χ4n) is 5.34. The molecule has 0 saturated carbocycles. The molecule has 1 aliphatic rings. The van der Waals surface area contributed by atoms with Gasteiger partial charge in [-0.15, -0.1) is 12.4 Å². The molecule has 200 valence electrons. The molecule has 2 aromatic rings. The second-order valence-electron chi connectivity index (χ2n) is 10.0. The average molecular weight is 515 g/mol. The van der Waals surface area contributed by atoms with Crippen molar-refractivity contribution in [3.8, 4) is 0 Å². The lowest BCUT2D eigenvalue weighted by Crippen LogP contribution is -2.61. The summed E-state index contributed by atoms with van der Waals surface area (Å²) in [6.45, 7) is 21.9. The van der Waals surface area contributed by atoms with E-state index in [1.807, 2.05) is 4.90 Å². The SMILES string of the molecule is CCN(CC)Cc1ccc(C2(c3ccc(CN(CC)CC)cc3)CN(C(C)C)CCN2C=O)cc1.Cl. The first-order chi connectivity index (χ1) is 16.9. The number of hydrogen-bond acceptors (Lipinski definition) is 4. The lowest BCUT2D eigenvalue weighted by atomic mass is 9.78. The maximum Gasteiger partial charge on any atom is 0.210 e. The van der Waals surface area contributed by atoms with Crippen molar-refractivity contribution in [3.63, 3.8) is 0 Å². The summed E-state index contributed by atoms with van der Waals surface area (Å²) in [5.74, 6) is 0. The van der Waals surface area contributed by atoms with Gasteiger partial charge in [0.05, 0.1) is 0 Å². The van der Waals surface area contributed by atoms with Crippen LogP contribution in [-0.4, -0.2) is 77.9 Å². The van der Waals surface area contributed by atoms with Gasteiger partial charge in [0, 0.05) is 38.8 Å². The van der Waals surface area contributed by atoms with Crippen molar-refractivity contribution in [2.45, 2.75) is 66.2 Å². The van der Waals surface area contributed by atoms with Crippen LogP contribution in [0.1, 0.15) is 63.8 Å². The van der Waals surface area contributed by atoms with E-state index in [9.17, 15) is 4.79 Å². The van der Waals surface area contributed by atoms with E-state index in [1.165, 1.54) is 22.3 Å². The quantitative estimate of drug-likeness (QED) is 0.363. The second-order valence-corrected chi connectivity index (χ2v) is 10.0. The van der Waals surface area contributed by atoms with E-state index in [4.69, 9.17) is 0 Å². The lowest BCUT2D eigenvalue weighted by molar-refractivity contribution is -0.127. The Morgan fingerprint density at radius 1 is 0.778 bits per heavy atom. The number of nitrogens with zero attached hydrogens (tertiary/aromatic N) is 4. The van der Waals surface area contributed by atoms with Crippen LogP contribution in [0.4, 0.5) is 0 Å². The smallest absolute Gasteiger partial charge is 0.210 e. The molecule has 0 N–H and O–H groups in total. The number of carbonyl (C=O) groups is 1. The molecule has 2 aromatic carbocycles. The summed E-state index contributed by atoms with van der Waals surface area (Å²) in [6, 6.07) is 18.4. The van der Waals surface area contributed by atoms with Gasteiger partial charge < -0.3 is 4.90 Å². The molecule has 0 aliphatic carbocycles. The number of piperazine rings is 1. The zero-order valence-electron chi connectivity index (χ0n) is 23.2. The van der Waals surface area contributed by atoms with Gasteiger partial charge in [-0.3, -0.25) is 19.5 Å². The standard InChI is InChI=1S/C30H46N4O.ClH/c1-7-31(8-2)21-26-11-15-28(16-12-26)30(23-33(25(5)6)19-20-34(30)24-35)29-17-13-27(14-18-29)22-32(9-3)10-4;/h11-18,24-25H,7-10,19-23H2,1-6H3;1H. The van der Waals surface area contributed by atoms with Crippen molar-refractivity contribution in [3.05, 3.63) is 70.8 Å². The summed E-state index contributed by atoms with van der Waals surface area (Å²) < 4.78 is 0. The molecular weight excluding hydrogens is 468 g/mol. The van der Waals surface area contributed by atoms with Crippen LogP contribution in [0.2, 0.25) is 0 Å². The van der Waals surface area contributed by atoms with Crippen molar-refractivity contribution >= 4 is 18.8 Å². The van der Waals surface area contributed by atoms with E-state index in [-0.39, 0.29) is 12.4 Å². The van der Waals surface area contributed by atoms with Gasteiger partial charge >= 0.3 is 0 Å². The summed E-state index contributed by atoms with van der Waals surface area (Å²) in [7, 11) is 0. The summed E-state index contributed by atoms with van der Waals surface area (Å²) in [5.41, 5.74) is 4.52. The van der Waals surface area contributed by atoms with Gasteiger partial charge in [0.1, 0.15) is 5.54 Å². The van der Waals surface area contributed by atoms with Crippen LogP contribution in [0.3, 0.4) is 0 Å². The van der Waals surface area contributed by atoms with Gasteiger partial charge in [-0.25, -0.2) is 0 Å². The Hall–Kier alpha value is -1.92. The first-order valence-electron chi connectivity index (χ1n) is 13.5.